The van der Waals surface area contributed by atoms with Crippen LogP contribution in [0.5, 0.6) is 0 Å². The summed E-state index contributed by atoms with van der Waals surface area (Å²) in [4.78, 5) is 20.4. The number of anilines is 1. The number of carbonyl (C=O) groups is 1. The predicted molar refractivity (Wildman–Crippen MR) is 109 cm³/mol. The van der Waals surface area contributed by atoms with Gasteiger partial charge >= 0.3 is 0 Å². The van der Waals surface area contributed by atoms with Crippen LogP contribution in [0.25, 0.3) is 11.1 Å². The number of thioether (sulfide) groups is 1. The predicted octanol–water partition coefficient (Wildman–Crippen LogP) is 4.37. The summed E-state index contributed by atoms with van der Waals surface area (Å²) in [7, 11) is 0. The molecular formula is C21H23N3O2S. The van der Waals surface area contributed by atoms with Crippen LogP contribution >= 0.6 is 11.8 Å². The largest absolute Gasteiger partial charge is 0.440 e. The molecule has 1 aliphatic heterocycles. The first-order valence-electron chi connectivity index (χ1n) is 9.23. The number of carbonyl (C=O) groups excluding carboxylic acids is 1. The van der Waals surface area contributed by atoms with Crippen molar-refractivity contribution in [2.45, 2.75) is 23.7 Å². The van der Waals surface area contributed by atoms with Gasteiger partial charge in [0.15, 0.2) is 11.5 Å². The van der Waals surface area contributed by atoms with Crippen LogP contribution in [0.1, 0.15) is 24.7 Å². The molecule has 140 valence electrons. The molecule has 1 fully saturated rings. The fourth-order valence-electron chi connectivity index (χ4n) is 3.61. The molecule has 0 aliphatic carbocycles. The smallest absolute Gasteiger partial charge is 0.238 e. The molecule has 3 aromatic rings. The molecule has 0 spiro atoms. The van der Waals surface area contributed by atoms with E-state index in [9.17, 15) is 4.79 Å². The van der Waals surface area contributed by atoms with Crippen LogP contribution in [0.4, 0.5) is 5.69 Å². The molecule has 1 N–H and O–H groups in total. The Morgan fingerprint density at radius 1 is 1.26 bits per heavy atom. The van der Waals surface area contributed by atoms with E-state index in [1.807, 2.05) is 54.8 Å². The summed E-state index contributed by atoms with van der Waals surface area (Å²) in [5, 5.41) is 3.04. The van der Waals surface area contributed by atoms with Gasteiger partial charge in [-0.05, 0) is 49.9 Å². The number of rotatable bonds is 5. The first-order valence-corrected chi connectivity index (χ1v) is 10.5. The number of benzene rings is 2. The molecule has 1 unspecified atom stereocenters. The van der Waals surface area contributed by atoms with Crippen LogP contribution in [-0.4, -0.2) is 41.7 Å². The number of likely N-dealkylation sites (tertiary alicyclic amines) is 1. The van der Waals surface area contributed by atoms with Crippen molar-refractivity contribution in [3.8, 4) is 0 Å². The third-order valence-electron chi connectivity index (χ3n) is 4.91. The normalized spacial score (nSPS) is 17.9. The molecule has 1 aliphatic rings. The molecule has 4 rings (SSSR count). The van der Waals surface area contributed by atoms with Gasteiger partial charge < -0.3 is 9.73 Å². The quantitative estimate of drug-likeness (QED) is 0.665. The van der Waals surface area contributed by atoms with Gasteiger partial charge in [0.25, 0.3) is 0 Å². The third-order valence-corrected chi connectivity index (χ3v) is 5.71. The topological polar surface area (TPSA) is 58.4 Å². The van der Waals surface area contributed by atoms with Crippen molar-refractivity contribution in [2.75, 3.05) is 31.2 Å². The van der Waals surface area contributed by atoms with Crippen LogP contribution in [0.15, 0.2) is 57.8 Å². The number of piperidine rings is 1. The van der Waals surface area contributed by atoms with Gasteiger partial charge in [0.05, 0.1) is 12.2 Å². The SMILES string of the molecule is CSc1ccccc1NC(=O)CN1CCCC(c2nc3ccccc3o2)C1. The number of aromatic nitrogens is 1. The van der Waals surface area contributed by atoms with E-state index >= 15 is 0 Å². The minimum absolute atomic E-state index is 0.0229. The maximum absolute atomic E-state index is 12.5. The summed E-state index contributed by atoms with van der Waals surface area (Å²) >= 11 is 1.63. The molecular weight excluding hydrogens is 358 g/mol. The lowest BCUT2D eigenvalue weighted by atomic mass is 9.98. The lowest BCUT2D eigenvalue weighted by molar-refractivity contribution is -0.117. The summed E-state index contributed by atoms with van der Waals surface area (Å²) in [5.41, 5.74) is 2.61. The van der Waals surface area contributed by atoms with Crippen molar-refractivity contribution < 1.29 is 9.21 Å². The number of nitrogens with one attached hydrogen (secondary N) is 1. The molecule has 27 heavy (non-hydrogen) atoms. The highest BCUT2D eigenvalue weighted by atomic mass is 32.2. The van der Waals surface area contributed by atoms with Crippen LogP contribution in [-0.2, 0) is 4.79 Å². The zero-order valence-corrected chi connectivity index (χ0v) is 16.2. The van der Waals surface area contributed by atoms with E-state index in [1.165, 1.54) is 0 Å². The zero-order chi connectivity index (χ0) is 18.6. The van der Waals surface area contributed by atoms with E-state index in [1.54, 1.807) is 11.8 Å². The number of hydrogen-bond donors (Lipinski definition) is 1. The number of nitrogens with zero attached hydrogens (tertiary/aromatic N) is 2. The van der Waals surface area contributed by atoms with Gasteiger partial charge in [-0.1, -0.05) is 24.3 Å². The fourth-order valence-corrected chi connectivity index (χ4v) is 4.16. The maximum Gasteiger partial charge on any atom is 0.238 e. The highest BCUT2D eigenvalue weighted by Crippen LogP contribution is 2.29. The number of amides is 1. The van der Waals surface area contributed by atoms with Crippen molar-refractivity contribution in [2.24, 2.45) is 0 Å². The standard InChI is InChI=1S/C21H23N3O2S/c1-27-19-11-5-3-9-17(19)22-20(25)14-24-12-6-7-15(13-24)21-23-16-8-2-4-10-18(16)26-21/h2-5,8-11,15H,6-7,12-14H2,1H3,(H,22,25). The van der Waals surface area contributed by atoms with Gasteiger partial charge in [-0.3, -0.25) is 9.69 Å². The molecule has 5 nitrogen and oxygen atoms in total. The molecule has 2 aromatic carbocycles. The maximum atomic E-state index is 12.5. The Hall–Kier alpha value is -2.31. The van der Waals surface area contributed by atoms with Gasteiger partial charge in [0, 0.05) is 17.4 Å². The Morgan fingerprint density at radius 2 is 2.07 bits per heavy atom. The van der Waals surface area contributed by atoms with Crippen molar-refractivity contribution in [1.82, 2.24) is 9.88 Å². The number of oxazole rings is 1. The van der Waals surface area contributed by atoms with E-state index in [2.05, 4.69) is 15.2 Å². The molecule has 2 heterocycles. The third kappa shape index (κ3) is 4.17. The lowest BCUT2D eigenvalue weighted by Gasteiger charge is -2.30. The first-order chi connectivity index (χ1) is 13.2. The van der Waals surface area contributed by atoms with Gasteiger partial charge in [-0.15, -0.1) is 11.8 Å². The van der Waals surface area contributed by atoms with E-state index in [4.69, 9.17) is 4.42 Å². The summed E-state index contributed by atoms with van der Waals surface area (Å²) in [6.45, 7) is 2.11. The van der Waals surface area contributed by atoms with Crippen molar-refractivity contribution >= 4 is 34.5 Å². The summed E-state index contributed by atoms with van der Waals surface area (Å²) in [6, 6.07) is 15.7. The zero-order valence-electron chi connectivity index (χ0n) is 15.4. The first kappa shape index (κ1) is 18.1. The van der Waals surface area contributed by atoms with Crippen molar-refractivity contribution in [3.05, 3.63) is 54.4 Å². The van der Waals surface area contributed by atoms with Crippen LogP contribution in [0.3, 0.4) is 0 Å². The van der Waals surface area contributed by atoms with Crippen LogP contribution in [0, 0.1) is 0 Å². The Bertz CT molecular complexity index is 907. The molecule has 0 bridgehead atoms. The summed E-state index contributed by atoms with van der Waals surface area (Å²) in [5.74, 6) is 1.04. The highest BCUT2D eigenvalue weighted by Gasteiger charge is 2.26. The second kappa shape index (κ2) is 8.15. The van der Waals surface area contributed by atoms with Gasteiger partial charge in [-0.2, -0.15) is 0 Å². The number of fused-ring (bicyclic) bond motifs is 1. The second-order valence-electron chi connectivity index (χ2n) is 6.84. The molecule has 0 saturated carbocycles. The van der Waals surface area contributed by atoms with E-state index in [-0.39, 0.29) is 11.8 Å². The fraction of sp³-hybridized carbons (Fsp3) is 0.333. The van der Waals surface area contributed by atoms with Gasteiger partial charge in [0.1, 0.15) is 5.52 Å². The summed E-state index contributed by atoms with van der Waals surface area (Å²) in [6.07, 6.45) is 4.10. The molecule has 1 amide bonds. The second-order valence-corrected chi connectivity index (χ2v) is 7.69. The highest BCUT2D eigenvalue weighted by molar-refractivity contribution is 7.98. The molecule has 1 saturated heterocycles. The van der Waals surface area contributed by atoms with Gasteiger partial charge in [0.2, 0.25) is 5.91 Å². The summed E-state index contributed by atoms with van der Waals surface area (Å²) < 4.78 is 5.95. The van der Waals surface area contributed by atoms with E-state index in [0.717, 1.165) is 53.5 Å². The Balaban J connectivity index is 1.40. The number of para-hydroxylation sites is 3. The molecule has 0 radical (unpaired) electrons. The molecule has 6 heteroatoms. The van der Waals surface area contributed by atoms with Gasteiger partial charge in [-0.25, -0.2) is 4.98 Å². The molecule has 1 atom stereocenters. The minimum Gasteiger partial charge on any atom is -0.440 e. The minimum atomic E-state index is 0.0229. The van der Waals surface area contributed by atoms with E-state index in [0.29, 0.717) is 6.54 Å². The molecule has 1 aromatic heterocycles. The van der Waals surface area contributed by atoms with Crippen LogP contribution in [0.2, 0.25) is 0 Å². The lowest BCUT2D eigenvalue weighted by Crippen LogP contribution is -2.39. The Labute approximate surface area is 163 Å². The Morgan fingerprint density at radius 3 is 2.93 bits per heavy atom. The van der Waals surface area contributed by atoms with E-state index < -0.39 is 0 Å². The average molecular weight is 382 g/mol. The monoisotopic (exact) mass is 381 g/mol. The number of hydrogen-bond acceptors (Lipinski definition) is 5. The van der Waals surface area contributed by atoms with Crippen LogP contribution < -0.4 is 5.32 Å². The van der Waals surface area contributed by atoms with Crippen molar-refractivity contribution in [1.29, 1.82) is 0 Å². The average Bonchev–Trinajstić information content (AvgIpc) is 3.13. The van der Waals surface area contributed by atoms with Crippen molar-refractivity contribution in [3.63, 3.8) is 0 Å². The Kier molecular flexibility index (Phi) is 5.45.